The zero-order valence-electron chi connectivity index (χ0n) is 22.6. The Balaban J connectivity index is 2.49. The summed E-state index contributed by atoms with van der Waals surface area (Å²) >= 11 is 0. The normalized spacial score (nSPS) is 15.7. The number of hydrogen-bond acceptors (Lipinski definition) is 4. The Bertz CT molecular complexity index is 923. The van der Waals surface area contributed by atoms with Crippen molar-refractivity contribution in [2.45, 2.75) is 104 Å². The third-order valence-corrected chi connectivity index (χ3v) is 5.38. The molecule has 1 aliphatic rings. The maximum Gasteiger partial charge on any atom is 0.408 e. The van der Waals surface area contributed by atoms with Crippen molar-refractivity contribution in [2.75, 3.05) is 0 Å². The minimum absolute atomic E-state index is 0.0688. The Hall–Kier alpha value is -2.83. The molecule has 0 heterocycles. The Morgan fingerprint density at radius 1 is 1.14 bits per heavy atom. The molecule has 1 aromatic carbocycles. The van der Waals surface area contributed by atoms with Gasteiger partial charge in [0.15, 0.2) is 0 Å². The predicted octanol–water partition coefficient (Wildman–Crippen LogP) is 5.22. The average Bonchev–Trinajstić information content (AvgIpc) is 3.52. The van der Waals surface area contributed by atoms with Gasteiger partial charge in [-0.1, -0.05) is 44.7 Å². The third kappa shape index (κ3) is 9.04. The Morgan fingerprint density at radius 2 is 1.77 bits per heavy atom. The quantitative estimate of drug-likeness (QED) is 0.502. The summed E-state index contributed by atoms with van der Waals surface area (Å²) in [5.41, 5.74) is 0.414. The van der Waals surface area contributed by atoms with E-state index in [1.54, 1.807) is 31.7 Å². The molecule has 2 unspecified atom stereocenters. The lowest BCUT2D eigenvalue weighted by molar-refractivity contribution is -0.144. The van der Waals surface area contributed by atoms with E-state index >= 15 is 0 Å². The molecule has 0 saturated heterocycles. The van der Waals surface area contributed by atoms with Crippen LogP contribution in [0.4, 0.5) is 4.79 Å². The van der Waals surface area contributed by atoms with Gasteiger partial charge >= 0.3 is 6.09 Å². The molecular weight excluding hydrogens is 442 g/mol. The van der Waals surface area contributed by atoms with Gasteiger partial charge in [-0.25, -0.2) is 4.79 Å². The maximum absolute atomic E-state index is 14.1. The zero-order valence-corrected chi connectivity index (χ0v) is 22.6. The van der Waals surface area contributed by atoms with Gasteiger partial charge in [0.05, 0.1) is 0 Å². The van der Waals surface area contributed by atoms with E-state index < -0.39 is 29.3 Å². The largest absolute Gasteiger partial charge is 0.444 e. The molecule has 3 amide bonds. The molecule has 1 fully saturated rings. The first kappa shape index (κ1) is 28.4. The molecule has 2 atom stereocenters. The molecule has 0 spiro atoms. The molecule has 0 aromatic heterocycles. The number of hydrogen-bond donors (Lipinski definition) is 2. The number of benzene rings is 1. The number of carbonyl (C=O) groups excluding carboxylic acids is 3. The topological polar surface area (TPSA) is 87.7 Å². The summed E-state index contributed by atoms with van der Waals surface area (Å²) in [6.45, 7) is 18.9. The Labute approximate surface area is 210 Å². The molecule has 2 N–H and O–H groups in total. The second-order valence-electron chi connectivity index (χ2n) is 11.8. The molecule has 1 aromatic rings. The zero-order chi connectivity index (χ0) is 26.6. The molecule has 35 heavy (non-hydrogen) atoms. The van der Waals surface area contributed by atoms with Crippen LogP contribution in [0.1, 0.15) is 91.8 Å². The number of alkyl carbamates (subject to hydrolysis) is 1. The van der Waals surface area contributed by atoms with E-state index in [1.807, 2.05) is 58.9 Å². The van der Waals surface area contributed by atoms with E-state index in [9.17, 15) is 14.4 Å². The number of nitrogens with zero attached hydrogens (tertiary/aromatic N) is 1. The van der Waals surface area contributed by atoms with E-state index in [0.29, 0.717) is 12.0 Å². The summed E-state index contributed by atoms with van der Waals surface area (Å²) in [5, 5.41) is 5.84. The van der Waals surface area contributed by atoms with E-state index in [0.717, 1.165) is 18.4 Å². The van der Waals surface area contributed by atoms with Crippen LogP contribution >= 0.6 is 0 Å². The van der Waals surface area contributed by atoms with Gasteiger partial charge in [-0.2, -0.15) is 0 Å². The van der Waals surface area contributed by atoms with Crippen molar-refractivity contribution in [1.29, 1.82) is 0 Å². The lowest BCUT2D eigenvalue weighted by atomic mass is 9.97. The number of rotatable bonds is 9. The summed E-state index contributed by atoms with van der Waals surface area (Å²) in [6, 6.07) is 5.82. The van der Waals surface area contributed by atoms with Crippen molar-refractivity contribution in [3.8, 4) is 0 Å². The molecule has 194 valence electrons. The second kappa shape index (κ2) is 11.3. The fourth-order valence-electron chi connectivity index (χ4n) is 3.93. The van der Waals surface area contributed by atoms with Crippen molar-refractivity contribution >= 4 is 24.0 Å². The van der Waals surface area contributed by atoms with Gasteiger partial charge in [0.2, 0.25) is 11.8 Å². The first-order chi connectivity index (χ1) is 16.1. The molecule has 0 aliphatic heterocycles. The minimum Gasteiger partial charge on any atom is -0.444 e. The number of ether oxygens (including phenoxy) is 1. The summed E-state index contributed by atoms with van der Waals surface area (Å²) in [7, 11) is 0. The van der Waals surface area contributed by atoms with E-state index in [2.05, 4.69) is 17.2 Å². The van der Waals surface area contributed by atoms with Crippen LogP contribution in [0.15, 0.2) is 30.8 Å². The smallest absolute Gasteiger partial charge is 0.408 e. The molecule has 2 rings (SSSR count). The SMILES string of the molecule is C=Cc1cccc(C(C(=O)NC(C)(C)C)N(C(=O)C(CC(C)C)NC(=O)OC(C)(C)C)C2CC2)c1. The van der Waals surface area contributed by atoms with E-state index in [1.165, 1.54) is 0 Å². The molecule has 7 nitrogen and oxygen atoms in total. The molecular formula is C28H43N3O4. The van der Waals surface area contributed by atoms with Crippen LogP contribution in [-0.4, -0.2) is 46.0 Å². The first-order valence-corrected chi connectivity index (χ1v) is 12.5. The lowest BCUT2D eigenvalue weighted by Crippen LogP contribution is -2.55. The van der Waals surface area contributed by atoms with Gasteiger partial charge in [0.25, 0.3) is 0 Å². The summed E-state index contributed by atoms with van der Waals surface area (Å²) in [4.78, 5) is 42.0. The van der Waals surface area contributed by atoms with E-state index in [-0.39, 0.29) is 23.8 Å². The van der Waals surface area contributed by atoms with Gasteiger partial charge in [0, 0.05) is 11.6 Å². The van der Waals surface area contributed by atoms with Gasteiger partial charge < -0.3 is 20.3 Å². The van der Waals surface area contributed by atoms with Crippen LogP contribution in [-0.2, 0) is 14.3 Å². The van der Waals surface area contributed by atoms with Crippen LogP contribution in [0.25, 0.3) is 6.08 Å². The Kier molecular flexibility index (Phi) is 9.15. The second-order valence-corrected chi connectivity index (χ2v) is 11.8. The van der Waals surface area contributed by atoms with E-state index in [4.69, 9.17) is 4.74 Å². The number of carbonyl (C=O) groups is 3. The predicted molar refractivity (Wildman–Crippen MR) is 140 cm³/mol. The van der Waals surface area contributed by atoms with Crippen molar-refractivity contribution in [2.24, 2.45) is 5.92 Å². The highest BCUT2D eigenvalue weighted by Crippen LogP contribution is 2.36. The van der Waals surface area contributed by atoms with Gasteiger partial charge in [-0.05, 0) is 83.9 Å². The van der Waals surface area contributed by atoms with Gasteiger partial charge in [0.1, 0.15) is 17.7 Å². The molecule has 0 radical (unpaired) electrons. The molecule has 1 saturated carbocycles. The fourth-order valence-corrected chi connectivity index (χ4v) is 3.93. The van der Waals surface area contributed by atoms with Crippen LogP contribution in [0.2, 0.25) is 0 Å². The highest BCUT2D eigenvalue weighted by molar-refractivity contribution is 5.93. The lowest BCUT2D eigenvalue weighted by Gasteiger charge is -2.36. The first-order valence-electron chi connectivity index (χ1n) is 12.5. The fraction of sp³-hybridized carbons (Fsp3) is 0.607. The summed E-state index contributed by atoms with van der Waals surface area (Å²) < 4.78 is 5.43. The van der Waals surface area contributed by atoms with Crippen LogP contribution in [0.3, 0.4) is 0 Å². The number of amides is 3. The molecule has 0 bridgehead atoms. The highest BCUT2D eigenvalue weighted by atomic mass is 16.6. The Morgan fingerprint density at radius 3 is 2.26 bits per heavy atom. The number of nitrogens with one attached hydrogen (secondary N) is 2. The third-order valence-electron chi connectivity index (χ3n) is 5.38. The van der Waals surface area contributed by atoms with Crippen molar-refractivity contribution < 1.29 is 19.1 Å². The maximum atomic E-state index is 14.1. The molecule has 7 heteroatoms. The average molecular weight is 486 g/mol. The van der Waals surface area contributed by atoms with Crippen LogP contribution < -0.4 is 10.6 Å². The minimum atomic E-state index is -0.829. The van der Waals surface area contributed by atoms with Crippen molar-refractivity contribution in [3.05, 3.63) is 42.0 Å². The van der Waals surface area contributed by atoms with Gasteiger partial charge in [-0.3, -0.25) is 9.59 Å². The summed E-state index contributed by atoms with van der Waals surface area (Å²) in [5.74, 6) is -0.379. The standard InChI is InChI=1S/C28H43N3O4/c1-10-19-12-11-13-20(17-19)23(24(32)30-27(4,5)6)31(21-14-15-21)25(33)22(16-18(2)3)29-26(34)35-28(7,8)9/h10-13,17-18,21-23H,1,14-16H2,2-9H3,(H,29,34)(H,30,32). The summed E-state index contributed by atoms with van der Waals surface area (Å²) in [6.07, 6.45) is 3.13. The van der Waals surface area contributed by atoms with Crippen molar-refractivity contribution in [1.82, 2.24) is 15.5 Å². The molecule has 1 aliphatic carbocycles. The van der Waals surface area contributed by atoms with Crippen molar-refractivity contribution in [3.63, 3.8) is 0 Å². The van der Waals surface area contributed by atoms with Gasteiger partial charge in [-0.15, -0.1) is 0 Å². The monoisotopic (exact) mass is 485 g/mol. The van der Waals surface area contributed by atoms with Crippen LogP contribution in [0, 0.1) is 5.92 Å². The highest BCUT2D eigenvalue weighted by Gasteiger charge is 2.44. The van der Waals surface area contributed by atoms with Crippen LogP contribution in [0.5, 0.6) is 0 Å².